The van der Waals surface area contributed by atoms with E-state index in [0.717, 1.165) is 36.2 Å². The Morgan fingerprint density at radius 2 is 2.30 bits per heavy atom. The summed E-state index contributed by atoms with van der Waals surface area (Å²) in [6.45, 7) is 4.34. The predicted octanol–water partition coefficient (Wildman–Crippen LogP) is 3.00. The molecule has 1 aliphatic rings. The average Bonchev–Trinajstić information content (AvgIpc) is 3.09. The Morgan fingerprint density at radius 1 is 1.35 bits per heavy atom. The summed E-state index contributed by atoms with van der Waals surface area (Å²) in [7, 11) is 0. The van der Waals surface area contributed by atoms with Crippen LogP contribution in [0.3, 0.4) is 0 Å². The standard InChI is InChI=1S/C16H22N4/c1-12-4-5-13(7-12)8-18-10-15-11-19-20-16(15)14-3-2-6-17-9-14/h2-3,6,9,11-13,18H,4-5,7-8,10H2,1H3,(H,19,20). The number of hydrogen-bond acceptors (Lipinski definition) is 3. The number of nitrogens with one attached hydrogen (secondary N) is 2. The summed E-state index contributed by atoms with van der Waals surface area (Å²) in [5, 5.41) is 10.8. The van der Waals surface area contributed by atoms with Crippen molar-refractivity contribution in [1.82, 2.24) is 20.5 Å². The fourth-order valence-corrected chi connectivity index (χ4v) is 3.13. The molecule has 2 aromatic rings. The molecule has 3 rings (SSSR count). The maximum absolute atomic E-state index is 4.17. The van der Waals surface area contributed by atoms with Crippen molar-refractivity contribution in [2.45, 2.75) is 32.7 Å². The van der Waals surface area contributed by atoms with Gasteiger partial charge in [-0.3, -0.25) is 10.1 Å². The van der Waals surface area contributed by atoms with Gasteiger partial charge in [0, 0.05) is 30.1 Å². The fraction of sp³-hybridized carbons (Fsp3) is 0.500. The van der Waals surface area contributed by atoms with Crippen LogP contribution < -0.4 is 5.32 Å². The second kappa shape index (κ2) is 6.18. The minimum atomic E-state index is 0.846. The van der Waals surface area contributed by atoms with Crippen molar-refractivity contribution >= 4 is 0 Å². The van der Waals surface area contributed by atoms with E-state index in [1.54, 1.807) is 6.20 Å². The van der Waals surface area contributed by atoms with Gasteiger partial charge in [-0.15, -0.1) is 0 Å². The Labute approximate surface area is 120 Å². The maximum Gasteiger partial charge on any atom is 0.0710 e. The van der Waals surface area contributed by atoms with Gasteiger partial charge in [-0.2, -0.15) is 5.10 Å². The molecule has 2 heterocycles. The monoisotopic (exact) mass is 270 g/mol. The van der Waals surface area contributed by atoms with Crippen LogP contribution in [0, 0.1) is 11.8 Å². The molecule has 0 spiro atoms. The van der Waals surface area contributed by atoms with Crippen molar-refractivity contribution in [3.8, 4) is 11.3 Å². The van der Waals surface area contributed by atoms with E-state index in [2.05, 4.69) is 33.5 Å². The van der Waals surface area contributed by atoms with Gasteiger partial charge < -0.3 is 5.32 Å². The van der Waals surface area contributed by atoms with Crippen LogP contribution in [0.1, 0.15) is 31.7 Å². The van der Waals surface area contributed by atoms with Gasteiger partial charge in [0.15, 0.2) is 0 Å². The predicted molar refractivity (Wildman–Crippen MR) is 80.0 cm³/mol. The third-order valence-corrected chi connectivity index (χ3v) is 4.22. The molecule has 2 N–H and O–H groups in total. The molecule has 1 aliphatic carbocycles. The Hall–Kier alpha value is -1.68. The summed E-state index contributed by atoms with van der Waals surface area (Å²) in [5.74, 6) is 1.75. The highest BCUT2D eigenvalue weighted by Gasteiger charge is 2.20. The van der Waals surface area contributed by atoms with E-state index < -0.39 is 0 Å². The van der Waals surface area contributed by atoms with Crippen molar-refractivity contribution in [3.05, 3.63) is 36.3 Å². The van der Waals surface area contributed by atoms with E-state index in [1.165, 1.54) is 24.8 Å². The van der Waals surface area contributed by atoms with Crippen molar-refractivity contribution in [3.63, 3.8) is 0 Å². The molecule has 2 unspecified atom stereocenters. The van der Waals surface area contributed by atoms with Crippen molar-refractivity contribution in [1.29, 1.82) is 0 Å². The van der Waals surface area contributed by atoms with Gasteiger partial charge in [0.1, 0.15) is 0 Å². The molecular formula is C16H22N4. The maximum atomic E-state index is 4.17. The second-order valence-electron chi connectivity index (χ2n) is 5.93. The lowest BCUT2D eigenvalue weighted by atomic mass is 10.1. The van der Waals surface area contributed by atoms with E-state index in [4.69, 9.17) is 0 Å². The molecule has 0 aliphatic heterocycles. The highest BCUT2D eigenvalue weighted by molar-refractivity contribution is 5.61. The van der Waals surface area contributed by atoms with Gasteiger partial charge in [-0.1, -0.05) is 13.3 Å². The first-order chi connectivity index (χ1) is 9.83. The van der Waals surface area contributed by atoms with Gasteiger partial charge in [0.25, 0.3) is 0 Å². The van der Waals surface area contributed by atoms with Gasteiger partial charge in [0.2, 0.25) is 0 Å². The second-order valence-corrected chi connectivity index (χ2v) is 5.93. The summed E-state index contributed by atoms with van der Waals surface area (Å²) >= 11 is 0. The zero-order chi connectivity index (χ0) is 13.8. The van der Waals surface area contributed by atoms with Crippen LogP contribution in [-0.2, 0) is 6.54 Å². The third kappa shape index (κ3) is 3.07. The first-order valence-corrected chi connectivity index (χ1v) is 7.46. The third-order valence-electron chi connectivity index (χ3n) is 4.22. The largest absolute Gasteiger partial charge is 0.312 e. The number of H-pyrrole nitrogens is 1. The van der Waals surface area contributed by atoms with Crippen LogP contribution in [0.25, 0.3) is 11.3 Å². The number of aromatic amines is 1. The smallest absolute Gasteiger partial charge is 0.0710 e. The number of aromatic nitrogens is 3. The van der Waals surface area contributed by atoms with E-state index in [-0.39, 0.29) is 0 Å². The molecule has 4 heteroatoms. The number of rotatable bonds is 5. The summed E-state index contributed by atoms with van der Waals surface area (Å²) in [6.07, 6.45) is 9.70. The van der Waals surface area contributed by atoms with Crippen LogP contribution in [0.15, 0.2) is 30.7 Å². The van der Waals surface area contributed by atoms with Crippen molar-refractivity contribution in [2.24, 2.45) is 11.8 Å². The van der Waals surface area contributed by atoms with Gasteiger partial charge >= 0.3 is 0 Å². The molecule has 0 radical (unpaired) electrons. The van der Waals surface area contributed by atoms with Crippen molar-refractivity contribution in [2.75, 3.05) is 6.54 Å². The van der Waals surface area contributed by atoms with Gasteiger partial charge in [-0.25, -0.2) is 0 Å². The zero-order valence-corrected chi connectivity index (χ0v) is 12.0. The Kier molecular flexibility index (Phi) is 4.11. The molecule has 2 atom stereocenters. The SMILES string of the molecule is CC1CCC(CNCc2cn[nH]c2-c2cccnc2)C1. The molecule has 0 aromatic carbocycles. The zero-order valence-electron chi connectivity index (χ0n) is 12.0. The van der Waals surface area contributed by atoms with E-state index in [0.29, 0.717) is 0 Å². The molecule has 0 saturated heterocycles. The minimum absolute atomic E-state index is 0.846. The summed E-state index contributed by atoms with van der Waals surface area (Å²) in [4.78, 5) is 4.17. The molecule has 2 aromatic heterocycles. The average molecular weight is 270 g/mol. The van der Waals surface area contributed by atoms with Crippen molar-refractivity contribution < 1.29 is 0 Å². The summed E-state index contributed by atoms with van der Waals surface area (Å²) < 4.78 is 0. The Morgan fingerprint density at radius 3 is 3.05 bits per heavy atom. The van der Waals surface area contributed by atoms with Crippen LogP contribution in [0.2, 0.25) is 0 Å². The number of pyridine rings is 1. The lowest BCUT2D eigenvalue weighted by Crippen LogP contribution is -2.21. The molecular weight excluding hydrogens is 248 g/mol. The number of nitrogens with zero attached hydrogens (tertiary/aromatic N) is 2. The van der Waals surface area contributed by atoms with Crippen LogP contribution in [0.4, 0.5) is 0 Å². The van der Waals surface area contributed by atoms with E-state index in [9.17, 15) is 0 Å². The Bertz CT molecular complexity index is 534. The van der Waals surface area contributed by atoms with Crippen LogP contribution >= 0.6 is 0 Å². The van der Waals surface area contributed by atoms with Gasteiger partial charge in [0.05, 0.1) is 11.9 Å². The fourth-order valence-electron chi connectivity index (χ4n) is 3.13. The van der Waals surface area contributed by atoms with Crippen LogP contribution in [-0.4, -0.2) is 21.7 Å². The molecule has 1 fully saturated rings. The quantitative estimate of drug-likeness (QED) is 0.878. The first-order valence-electron chi connectivity index (χ1n) is 7.46. The molecule has 0 bridgehead atoms. The topological polar surface area (TPSA) is 53.6 Å². The Balaban J connectivity index is 1.57. The lowest BCUT2D eigenvalue weighted by molar-refractivity contribution is 0.471. The lowest BCUT2D eigenvalue weighted by Gasteiger charge is -2.11. The normalized spacial score (nSPS) is 22.2. The number of hydrogen-bond donors (Lipinski definition) is 2. The minimum Gasteiger partial charge on any atom is -0.312 e. The molecule has 0 amide bonds. The molecule has 1 saturated carbocycles. The molecule has 4 nitrogen and oxygen atoms in total. The summed E-state index contributed by atoms with van der Waals surface area (Å²) in [5.41, 5.74) is 3.38. The highest BCUT2D eigenvalue weighted by Crippen LogP contribution is 2.29. The van der Waals surface area contributed by atoms with E-state index >= 15 is 0 Å². The first kappa shape index (κ1) is 13.3. The summed E-state index contributed by atoms with van der Waals surface area (Å²) in [6, 6.07) is 4.01. The van der Waals surface area contributed by atoms with Gasteiger partial charge in [-0.05, 0) is 43.4 Å². The molecule has 106 valence electrons. The van der Waals surface area contributed by atoms with Crippen LogP contribution in [0.5, 0.6) is 0 Å². The molecule has 20 heavy (non-hydrogen) atoms. The van der Waals surface area contributed by atoms with E-state index in [1.807, 2.05) is 18.5 Å². The highest BCUT2D eigenvalue weighted by atomic mass is 15.1.